The molecule has 0 aliphatic carbocycles. The Morgan fingerprint density at radius 3 is 2.43 bits per heavy atom. The summed E-state index contributed by atoms with van der Waals surface area (Å²) in [6.07, 6.45) is 0. The molecule has 1 aliphatic rings. The molecule has 0 amide bonds. The number of hydrogen-bond donors (Lipinski definition) is 3. The molecule has 1 rings (SSSR count). The molecule has 4 heteroatoms. The second-order valence-corrected chi connectivity index (χ2v) is 2.47. The third-order valence-electron chi connectivity index (χ3n) is 0.761. The predicted octanol–water partition coefficient (Wildman–Crippen LogP) is -1.08. The minimum atomic E-state index is -1.59. The maximum absolute atomic E-state index is 8.62. The van der Waals surface area contributed by atoms with Gasteiger partial charge in [0, 0.05) is 5.88 Å². The molecule has 0 saturated carbocycles. The third kappa shape index (κ3) is 1.31. The molecule has 3 N–H and O–H groups in total. The molecule has 3 nitrogen and oxygen atoms in total. The summed E-state index contributed by atoms with van der Waals surface area (Å²) in [5.41, 5.74) is 0. The van der Waals surface area contributed by atoms with Crippen LogP contribution in [0.1, 0.15) is 0 Å². The number of nitrogens with one attached hydrogen (secondary N) is 1. The normalized spacial score (nSPS) is 28.3. The molecule has 1 fully saturated rings. The van der Waals surface area contributed by atoms with Crippen LogP contribution in [0.15, 0.2) is 0 Å². The quantitative estimate of drug-likeness (QED) is 0.357. The predicted molar refractivity (Wildman–Crippen MR) is 27.6 cm³/mol. The molecule has 0 aromatic rings. The van der Waals surface area contributed by atoms with E-state index in [1.807, 2.05) is 0 Å². The topological polar surface area (TPSA) is 52.5 Å². The van der Waals surface area contributed by atoms with Crippen LogP contribution < -0.4 is 5.32 Å². The molecule has 42 valence electrons. The van der Waals surface area contributed by atoms with E-state index in [0.717, 1.165) is 0 Å². The lowest BCUT2D eigenvalue weighted by molar-refractivity contribution is -0.156. The first-order valence-electron chi connectivity index (χ1n) is 1.98. The lowest BCUT2D eigenvalue weighted by Crippen LogP contribution is -2.41. The molecule has 0 spiro atoms. The van der Waals surface area contributed by atoms with Crippen LogP contribution >= 0.6 is 11.8 Å². The van der Waals surface area contributed by atoms with E-state index in [2.05, 4.69) is 5.32 Å². The Balaban J connectivity index is 2.40. The molecule has 7 heavy (non-hydrogen) atoms. The Hall–Kier alpha value is 0.230. The Morgan fingerprint density at radius 2 is 2.29 bits per heavy atom. The lowest BCUT2D eigenvalue weighted by Gasteiger charge is -2.11. The van der Waals surface area contributed by atoms with Crippen LogP contribution in [0.25, 0.3) is 0 Å². The summed E-state index contributed by atoms with van der Waals surface area (Å²) in [7, 11) is 0. The second-order valence-electron chi connectivity index (χ2n) is 1.49. The van der Waals surface area contributed by atoms with E-state index >= 15 is 0 Å². The minimum absolute atomic E-state index is 0.368. The SMILES string of the molecule is OC1(O)CSCN1. The standard InChI is InChI=1S/C3H7NO2S/c5-3(6)1-7-2-4-3/h4-6H,1-2H2. The highest BCUT2D eigenvalue weighted by atomic mass is 32.2. The van der Waals surface area contributed by atoms with Crippen LogP contribution in [0.3, 0.4) is 0 Å². The first-order chi connectivity index (χ1) is 3.21. The molecule has 1 aliphatic heterocycles. The van der Waals surface area contributed by atoms with Crippen molar-refractivity contribution in [2.24, 2.45) is 0 Å². The van der Waals surface area contributed by atoms with Crippen molar-refractivity contribution in [1.29, 1.82) is 0 Å². The first kappa shape index (κ1) is 5.37. The average Bonchev–Trinajstić information content (AvgIpc) is 1.84. The van der Waals surface area contributed by atoms with Gasteiger partial charge in [-0.3, -0.25) is 5.32 Å². The van der Waals surface area contributed by atoms with Crippen molar-refractivity contribution in [1.82, 2.24) is 5.32 Å². The van der Waals surface area contributed by atoms with Crippen LogP contribution in [0.4, 0.5) is 0 Å². The van der Waals surface area contributed by atoms with Gasteiger partial charge in [0.25, 0.3) is 0 Å². The number of thioether (sulfide) groups is 1. The first-order valence-corrected chi connectivity index (χ1v) is 3.14. The Bertz CT molecular complexity index is 67.3. The Labute approximate surface area is 45.7 Å². The zero-order chi connectivity index (χ0) is 5.33. The van der Waals surface area contributed by atoms with Gasteiger partial charge < -0.3 is 10.2 Å². The van der Waals surface area contributed by atoms with Crippen molar-refractivity contribution in [3.05, 3.63) is 0 Å². The molecule has 0 aromatic heterocycles. The van der Waals surface area contributed by atoms with Gasteiger partial charge in [0.05, 0.1) is 5.75 Å². The summed E-state index contributed by atoms with van der Waals surface area (Å²) in [5, 5.41) is 19.7. The molecule has 0 unspecified atom stereocenters. The van der Waals surface area contributed by atoms with Gasteiger partial charge in [-0.05, 0) is 0 Å². The van der Waals surface area contributed by atoms with Crippen molar-refractivity contribution < 1.29 is 10.2 Å². The molecule has 0 atom stereocenters. The summed E-state index contributed by atoms with van der Waals surface area (Å²) in [4.78, 5) is 0. The molecular formula is C3H7NO2S. The van der Waals surface area contributed by atoms with E-state index in [-0.39, 0.29) is 0 Å². The highest BCUT2D eigenvalue weighted by molar-refractivity contribution is 7.99. The molecule has 0 radical (unpaired) electrons. The van der Waals surface area contributed by atoms with Gasteiger partial charge in [-0.2, -0.15) is 0 Å². The van der Waals surface area contributed by atoms with E-state index in [1.54, 1.807) is 0 Å². The zero-order valence-electron chi connectivity index (χ0n) is 3.72. The minimum Gasteiger partial charge on any atom is -0.353 e. The van der Waals surface area contributed by atoms with Crippen molar-refractivity contribution >= 4 is 11.8 Å². The summed E-state index contributed by atoms with van der Waals surface area (Å²) in [6, 6.07) is 0. The highest BCUT2D eigenvalue weighted by Gasteiger charge is 2.26. The fourth-order valence-corrected chi connectivity index (χ4v) is 1.23. The maximum Gasteiger partial charge on any atom is 0.232 e. The van der Waals surface area contributed by atoms with Crippen LogP contribution in [-0.4, -0.2) is 27.8 Å². The van der Waals surface area contributed by atoms with Crippen LogP contribution in [0, 0.1) is 0 Å². The zero-order valence-corrected chi connectivity index (χ0v) is 4.53. The number of rotatable bonds is 0. The highest BCUT2D eigenvalue weighted by Crippen LogP contribution is 2.13. The van der Waals surface area contributed by atoms with E-state index in [9.17, 15) is 0 Å². The lowest BCUT2D eigenvalue weighted by atomic mass is 10.6. The molecule has 0 aromatic carbocycles. The van der Waals surface area contributed by atoms with Crippen LogP contribution in [-0.2, 0) is 0 Å². The molecule has 1 heterocycles. The maximum atomic E-state index is 8.62. The Kier molecular flexibility index (Phi) is 1.25. The second kappa shape index (κ2) is 1.63. The average molecular weight is 121 g/mol. The van der Waals surface area contributed by atoms with Gasteiger partial charge in [-0.1, -0.05) is 0 Å². The summed E-state index contributed by atoms with van der Waals surface area (Å²) in [6.45, 7) is 0. The van der Waals surface area contributed by atoms with Gasteiger partial charge >= 0.3 is 0 Å². The van der Waals surface area contributed by atoms with Gasteiger partial charge in [0.1, 0.15) is 0 Å². The monoisotopic (exact) mass is 121 g/mol. The van der Waals surface area contributed by atoms with E-state index < -0.39 is 5.91 Å². The smallest absolute Gasteiger partial charge is 0.232 e. The van der Waals surface area contributed by atoms with Gasteiger partial charge in [0.2, 0.25) is 5.91 Å². The van der Waals surface area contributed by atoms with Crippen molar-refractivity contribution in [2.45, 2.75) is 5.91 Å². The summed E-state index contributed by atoms with van der Waals surface area (Å²) < 4.78 is 0. The van der Waals surface area contributed by atoms with E-state index in [0.29, 0.717) is 11.6 Å². The van der Waals surface area contributed by atoms with E-state index in [4.69, 9.17) is 10.2 Å². The van der Waals surface area contributed by atoms with Crippen molar-refractivity contribution in [3.63, 3.8) is 0 Å². The van der Waals surface area contributed by atoms with Gasteiger partial charge in [-0.15, -0.1) is 11.8 Å². The largest absolute Gasteiger partial charge is 0.353 e. The molecular weight excluding hydrogens is 114 g/mol. The third-order valence-corrected chi connectivity index (χ3v) is 1.72. The van der Waals surface area contributed by atoms with Crippen molar-refractivity contribution in [2.75, 3.05) is 11.6 Å². The molecule has 0 bridgehead atoms. The van der Waals surface area contributed by atoms with Crippen molar-refractivity contribution in [3.8, 4) is 0 Å². The van der Waals surface area contributed by atoms with E-state index in [1.165, 1.54) is 11.8 Å². The van der Waals surface area contributed by atoms with Crippen LogP contribution in [0.5, 0.6) is 0 Å². The summed E-state index contributed by atoms with van der Waals surface area (Å²) in [5.74, 6) is -0.593. The van der Waals surface area contributed by atoms with Gasteiger partial charge in [-0.25, -0.2) is 0 Å². The fourth-order valence-electron chi connectivity index (χ4n) is 0.411. The number of hydrogen-bond acceptors (Lipinski definition) is 4. The van der Waals surface area contributed by atoms with Gasteiger partial charge in [0.15, 0.2) is 0 Å². The summed E-state index contributed by atoms with van der Waals surface area (Å²) >= 11 is 1.47. The van der Waals surface area contributed by atoms with Crippen LogP contribution in [0.2, 0.25) is 0 Å². The molecule has 1 saturated heterocycles. The number of aliphatic hydroxyl groups is 2. The Morgan fingerprint density at radius 1 is 1.57 bits per heavy atom. The fraction of sp³-hybridized carbons (Fsp3) is 1.00.